The van der Waals surface area contributed by atoms with Crippen LogP contribution in [0.25, 0.3) is 0 Å². The molecule has 0 aliphatic heterocycles. The van der Waals surface area contributed by atoms with Crippen molar-refractivity contribution in [3.63, 3.8) is 0 Å². The highest BCUT2D eigenvalue weighted by atomic mass is 14.9. The van der Waals surface area contributed by atoms with Gasteiger partial charge in [-0.2, -0.15) is 0 Å². The summed E-state index contributed by atoms with van der Waals surface area (Å²) in [5.74, 6) is 0. The molecule has 0 bridgehead atoms. The summed E-state index contributed by atoms with van der Waals surface area (Å²) in [6.07, 6.45) is 5.06. The summed E-state index contributed by atoms with van der Waals surface area (Å²) in [5.41, 5.74) is 5.40. The first kappa shape index (κ1) is 12.9. The standard InChI is InChI=1S/C10H25N3/c1-2-12-9-10-13-8-6-4-3-5-7-11/h12-13H,2-11H2,1H3. The lowest BCUT2D eigenvalue weighted by Gasteiger charge is -2.04. The molecule has 0 aromatic heterocycles. The molecule has 13 heavy (non-hydrogen) atoms. The van der Waals surface area contributed by atoms with Gasteiger partial charge in [-0.15, -0.1) is 0 Å². The smallest absolute Gasteiger partial charge is 0.00767 e. The predicted octanol–water partition coefficient (Wildman–Crippen LogP) is 0.705. The summed E-state index contributed by atoms with van der Waals surface area (Å²) in [4.78, 5) is 0. The molecule has 4 N–H and O–H groups in total. The Morgan fingerprint density at radius 1 is 0.846 bits per heavy atom. The SMILES string of the molecule is CCNCCNCCCCCCN. The number of unbranched alkanes of at least 4 members (excludes halogenated alkanes) is 3. The Bertz CT molecular complexity index is 76.2. The lowest BCUT2D eigenvalue weighted by molar-refractivity contribution is 0.573. The first-order valence-corrected chi connectivity index (χ1v) is 5.53. The van der Waals surface area contributed by atoms with Crippen LogP contribution in [0.5, 0.6) is 0 Å². The molecule has 0 spiro atoms. The molecular weight excluding hydrogens is 162 g/mol. The second-order valence-electron chi connectivity index (χ2n) is 3.31. The highest BCUT2D eigenvalue weighted by Crippen LogP contribution is 1.96. The molecule has 0 saturated carbocycles. The van der Waals surface area contributed by atoms with Crippen LogP contribution in [0.3, 0.4) is 0 Å². The minimum Gasteiger partial charge on any atom is -0.330 e. The van der Waals surface area contributed by atoms with E-state index in [1.807, 2.05) is 0 Å². The predicted molar refractivity (Wildman–Crippen MR) is 58.9 cm³/mol. The maximum atomic E-state index is 5.40. The first-order chi connectivity index (χ1) is 6.41. The largest absolute Gasteiger partial charge is 0.330 e. The van der Waals surface area contributed by atoms with Crippen molar-refractivity contribution in [3.8, 4) is 0 Å². The molecular formula is C10H25N3. The highest BCUT2D eigenvalue weighted by Gasteiger charge is 1.88. The van der Waals surface area contributed by atoms with Crippen molar-refractivity contribution in [1.82, 2.24) is 10.6 Å². The normalized spacial score (nSPS) is 10.6. The third-order valence-electron chi connectivity index (χ3n) is 2.04. The Morgan fingerprint density at radius 2 is 1.54 bits per heavy atom. The van der Waals surface area contributed by atoms with Crippen molar-refractivity contribution < 1.29 is 0 Å². The summed E-state index contributed by atoms with van der Waals surface area (Å²) in [6, 6.07) is 0. The molecule has 0 fully saturated rings. The maximum Gasteiger partial charge on any atom is 0.00767 e. The molecule has 0 aliphatic rings. The van der Waals surface area contributed by atoms with E-state index >= 15 is 0 Å². The Balaban J connectivity index is 2.76. The van der Waals surface area contributed by atoms with Gasteiger partial charge in [0.05, 0.1) is 0 Å². The Labute approximate surface area is 82.5 Å². The van der Waals surface area contributed by atoms with E-state index in [0.29, 0.717) is 0 Å². The number of hydrogen-bond acceptors (Lipinski definition) is 3. The van der Waals surface area contributed by atoms with Crippen LogP contribution < -0.4 is 16.4 Å². The van der Waals surface area contributed by atoms with Gasteiger partial charge in [-0.1, -0.05) is 19.8 Å². The van der Waals surface area contributed by atoms with Gasteiger partial charge in [0.2, 0.25) is 0 Å². The minimum absolute atomic E-state index is 0.841. The highest BCUT2D eigenvalue weighted by molar-refractivity contribution is 4.51. The lowest BCUT2D eigenvalue weighted by Crippen LogP contribution is -2.27. The number of likely N-dealkylation sites (N-methyl/N-ethyl adjacent to an activating group) is 1. The van der Waals surface area contributed by atoms with E-state index in [1.54, 1.807) is 0 Å². The van der Waals surface area contributed by atoms with Crippen molar-refractivity contribution in [2.45, 2.75) is 32.6 Å². The van der Waals surface area contributed by atoms with Crippen LogP contribution >= 0.6 is 0 Å². The molecule has 0 aromatic carbocycles. The fraction of sp³-hybridized carbons (Fsp3) is 1.00. The second-order valence-corrected chi connectivity index (χ2v) is 3.31. The zero-order valence-electron chi connectivity index (χ0n) is 8.94. The summed E-state index contributed by atoms with van der Waals surface area (Å²) in [5, 5.41) is 6.68. The Hall–Kier alpha value is -0.120. The van der Waals surface area contributed by atoms with Crippen LogP contribution in [0.15, 0.2) is 0 Å². The molecule has 0 unspecified atom stereocenters. The molecule has 0 atom stereocenters. The average molecular weight is 187 g/mol. The van der Waals surface area contributed by atoms with Crippen LogP contribution in [-0.4, -0.2) is 32.7 Å². The fourth-order valence-electron chi connectivity index (χ4n) is 1.23. The zero-order valence-corrected chi connectivity index (χ0v) is 8.94. The third kappa shape index (κ3) is 11.9. The topological polar surface area (TPSA) is 50.1 Å². The quantitative estimate of drug-likeness (QED) is 0.441. The van der Waals surface area contributed by atoms with Gasteiger partial charge < -0.3 is 16.4 Å². The van der Waals surface area contributed by atoms with E-state index in [0.717, 1.165) is 32.7 Å². The van der Waals surface area contributed by atoms with E-state index < -0.39 is 0 Å². The van der Waals surface area contributed by atoms with Gasteiger partial charge in [-0.05, 0) is 32.5 Å². The molecule has 0 amide bonds. The van der Waals surface area contributed by atoms with Crippen LogP contribution in [0.2, 0.25) is 0 Å². The number of nitrogens with two attached hydrogens (primary N) is 1. The van der Waals surface area contributed by atoms with Crippen molar-refractivity contribution in [2.24, 2.45) is 5.73 Å². The van der Waals surface area contributed by atoms with Gasteiger partial charge in [-0.3, -0.25) is 0 Å². The zero-order chi connectivity index (χ0) is 9.78. The maximum absolute atomic E-state index is 5.40. The molecule has 0 aromatic rings. The summed E-state index contributed by atoms with van der Waals surface area (Å²) in [7, 11) is 0. The van der Waals surface area contributed by atoms with Crippen molar-refractivity contribution >= 4 is 0 Å². The monoisotopic (exact) mass is 187 g/mol. The van der Waals surface area contributed by atoms with Gasteiger partial charge in [0.25, 0.3) is 0 Å². The van der Waals surface area contributed by atoms with E-state index in [4.69, 9.17) is 5.73 Å². The van der Waals surface area contributed by atoms with Crippen LogP contribution in [0.4, 0.5) is 0 Å². The molecule has 80 valence electrons. The average Bonchev–Trinajstić information content (AvgIpc) is 2.16. The van der Waals surface area contributed by atoms with E-state index in [1.165, 1.54) is 25.7 Å². The van der Waals surface area contributed by atoms with E-state index in [9.17, 15) is 0 Å². The first-order valence-electron chi connectivity index (χ1n) is 5.53. The number of rotatable bonds is 10. The Kier molecular flexibility index (Phi) is 11.8. The van der Waals surface area contributed by atoms with Crippen LogP contribution in [0.1, 0.15) is 32.6 Å². The number of nitrogens with one attached hydrogen (secondary N) is 2. The molecule has 0 rings (SSSR count). The number of hydrogen-bond donors (Lipinski definition) is 3. The third-order valence-corrected chi connectivity index (χ3v) is 2.04. The minimum atomic E-state index is 0.841. The van der Waals surface area contributed by atoms with Gasteiger partial charge in [0.1, 0.15) is 0 Å². The van der Waals surface area contributed by atoms with Gasteiger partial charge >= 0.3 is 0 Å². The van der Waals surface area contributed by atoms with Crippen LogP contribution in [0, 0.1) is 0 Å². The van der Waals surface area contributed by atoms with E-state index in [-0.39, 0.29) is 0 Å². The second kappa shape index (κ2) is 11.9. The molecule has 0 saturated heterocycles. The Morgan fingerprint density at radius 3 is 2.23 bits per heavy atom. The molecule has 0 aliphatic carbocycles. The summed E-state index contributed by atoms with van der Waals surface area (Å²) >= 11 is 0. The van der Waals surface area contributed by atoms with Crippen LogP contribution in [-0.2, 0) is 0 Å². The molecule has 3 nitrogen and oxygen atoms in total. The fourth-order valence-corrected chi connectivity index (χ4v) is 1.23. The van der Waals surface area contributed by atoms with Gasteiger partial charge in [0, 0.05) is 13.1 Å². The van der Waals surface area contributed by atoms with Gasteiger partial charge in [-0.25, -0.2) is 0 Å². The molecule has 3 heteroatoms. The van der Waals surface area contributed by atoms with Gasteiger partial charge in [0.15, 0.2) is 0 Å². The van der Waals surface area contributed by atoms with Crippen molar-refractivity contribution in [3.05, 3.63) is 0 Å². The molecule has 0 heterocycles. The van der Waals surface area contributed by atoms with Crippen molar-refractivity contribution in [1.29, 1.82) is 0 Å². The summed E-state index contributed by atoms with van der Waals surface area (Å²) in [6.45, 7) is 7.36. The molecule has 0 radical (unpaired) electrons. The van der Waals surface area contributed by atoms with Crippen molar-refractivity contribution in [2.75, 3.05) is 32.7 Å². The summed E-state index contributed by atoms with van der Waals surface area (Å²) < 4.78 is 0. The lowest BCUT2D eigenvalue weighted by atomic mass is 10.2. The van der Waals surface area contributed by atoms with E-state index in [2.05, 4.69) is 17.6 Å².